The topological polar surface area (TPSA) is 66.6 Å². The molecule has 0 bridgehead atoms. The number of nitrogens with zero attached hydrogens (tertiary/aromatic N) is 6. The predicted molar refractivity (Wildman–Crippen MR) is 76.1 cm³/mol. The van der Waals surface area contributed by atoms with Gasteiger partial charge in [0, 0.05) is 32.1 Å². The van der Waals surface area contributed by atoms with Crippen molar-refractivity contribution < 1.29 is 4.79 Å². The molecule has 3 heterocycles. The number of hydrogen-bond donors (Lipinski definition) is 0. The first-order chi connectivity index (χ1) is 9.56. The number of fused-ring (bicyclic) bond motifs is 1. The molecule has 0 unspecified atom stereocenters. The second-order valence-corrected chi connectivity index (χ2v) is 6.37. The highest BCUT2D eigenvalue weighted by molar-refractivity contribution is 7.18. The molecule has 0 spiro atoms. The Labute approximate surface area is 121 Å². The Bertz CT molecular complexity index is 625. The Kier molecular flexibility index (Phi) is 3.43. The average Bonchev–Trinajstić information content (AvgIpc) is 2.97. The lowest BCUT2D eigenvalue weighted by Crippen LogP contribution is -2.47. The van der Waals surface area contributed by atoms with Gasteiger partial charge in [0.05, 0.1) is 0 Å². The van der Waals surface area contributed by atoms with E-state index >= 15 is 0 Å². The number of aromatic nitrogens is 4. The lowest BCUT2D eigenvalue weighted by molar-refractivity contribution is 0.0662. The van der Waals surface area contributed by atoms with Crippen molar-refractivity contribution in [2.24, 2.45) is 0 Å². The standard InChI is InChI=1S/C12H18N6OS/c1-8(2)9-13-14-12-18(9)15-10(20-12)11(19)17-6-4-16(3)5-7-17/h8H,4-7H2,1-3H3. The van der Waals surface area contributed by atoms with E-state index in [1.54, 1.807) is 4.52 Å². The molecular formula is C12H18N6OS. The fourth-order valence-corrected chi connectivity index (χ4v) is 3.04. The molecule has 0 radical (unpaired) electrons. The summed E-state index contributed by atoms with van der Waals surface area (Å²) in [4.78, 5) is 17.2. The number of likely N-dealkylation sites (N-methyl/N-ethyl adjacent to an activating group) is 1. The maximum Gasteiger partial charge on any atom is 0.284 e. The number of amides is 1. The third kappa shape index (κ3) is 2.29. The minimum atomic E-state index is 0.00306. The van der Waals surface area contributed by atoms with Crippen LogP contribution in [0.3, 0.4) is 0 Å². The molecule has 1 aliphatic rings. The second-order valence-electron chi connectivity index (χ2n) is 5.41. The van der Waals surface area contributed by atoms with Gasteiger partial charge in [0.15, 0.2) is 5.82 Å². The molecule has 2 aromatic rings. The number of carbonyl (C=O) groups excluding carboxylic acids is 1. The molecule has 8 heteroatoms. The molecule has 20 heavy (non-hydrogen) atoms. The predicted octanol–water partition coefficient (Wildman–Crippen LogP) is 0.697. The summed E-state index contributed by atoms with van der Waals surface area (Å²) in [7, 11) is 2.07. The summed E-state index contributed by atoms with van der Waals surface area (Å²) >= 11 is 1.31. The van der Waals surface area contributed by atoms with E-state index in [4.69, 9.17) is 0 Å². The van der Waals surface area contributed by atoms with E-state index in [1.807, 2.05) is 18.7 Å². The van der Waals surface area contributed by atoms with Crippen molar-refractivity contribution in [1.29, 1.82) is 0 Å². The van der Waals surface area contributed by atoms with Crippen molar-refractivity contribution in [2.75, 3.05) is 33.2 Å². The molecule has 1 saturated heterocycles. The Morgan fingerprint density at radius 3 is 2.55 bits per heavy atom. The van der Waals surface area contributed by atoms with E-state index in [9.17, 15) is 4.79 Å². The van der Waals surface area contributed by atoms with Crippen LogP contribution in [0.5, 0.6) is 0 Å². The number of carbonyl (C=O) groups is 1. The van der Waals surface area contributed by atoms with Crippen LogP contribution in [0.1, 0.15) is 35.4 Å². The second kappa shape index (κ2) is 5.10. The molecule has 1 fully saturated rings. The molecule has 2 aromatic heterocycles. The molecule has 1 amide bonds. The smallest absolute Gasteiger partial charge is 0.284 e. The third-order valence-electron chi connectivity index (χ3n) is 3.50. The van der Waals surface area contributed by atoms with E-state index in [0.29, 0.717) is 9.97 Å². The van der Waals surface area contributed by atoms with Crippen LogP contribution in [0.25, 0.3) is 4.96 Å². The van der Waals surface area contributed by atoms with Gasteiger partial charge in [0.25, 0.3) is 5.91 Å². The highest BCUT2D eigenvalue weighted by Gasteiger charge is 2.25. The highest BCUT2D eigenvalue weighted by Crippen LogP contribution is 2.20. The first kappa shape index (κ1) is 13.4. The van der Waals surface area contributed by atoms with Crippen LogP contribution < -0.4 is 0 Å². The van der Waals surface area contributed by atoms with Gasteiger partial charge < -0.3 is 9.80 Å². The Balaban J connectivity index is 1.85. The summed E-state index contributed by atoms with van der Waals surface area (Å²) in [6.45, 7) is 7.41. The zero-order valence-corrected chi connectivity index (χ0v) is 12.7. The van der Waals surface area contributed by atoms with Crippen molar-refractivity contribution in [3.05, 3.63) is 10.8 Å². The van der Waals surface area contributed by atoms with Gasteiger partial charge in [-0.1, -0.05) is 25.2 Å². The molecule has 0 atom stereocenters. The lowest BCUT2D eigenvalue weighted by atomic mass is 10.2. The quantitative estimate of drug-likeness (QED) is 0.815. The van der Waals surface area contributed by atoms with Crippen LogP contribution in [0.15, 0.2) is 0 Å². The number of piperazine rings is 1. The van der Waals surface area contributed by atoms with Crippen LogP contribution in [-0.2, 0) is 0 Å². The zero-order valence-electron chi connectivity index (χ0n) is 11.9. The molecule has 0 aliphatic carbocycles. The average molecular weight is 294 g/mol. The van der Waals surface area contributed by atoms with Gasteiger partial charge in [-0.2, -0.15) is 4.52 Å². The van der Waals surface area contributed by atoms with E-state index in [0.717, 1.165) is 32.0 Å². The fourth-order valence-electron chi connectivity index (χ4n) is 2.22. The minimum Gasteiger partial charge on any atom is -0.334 e. The largest absolute Gasteiger partial charge is 0.334 e. The summed E-state index contributed by atoms with van der Waals surface area (Å²) in [6.07, 6.45) is 0. The van der Waals surface area contributed by atoms with E-state index in [-0.39, 0.29) is 11.8 Å². The Hall–Kier alpha value is -1.54. The van der Waals surface area contributed by atoms with Crippen molar-refractivity contribution in [3.8, 4) is 0 Å². The lowest BCUT2D eigenvalue weighted by Gasteiger charge is -2.31. The zero-order chi connectivity index (χ0) is 14.3. The van der Waals surface area contributed by atoms with E-state index in [1.165, 1.54) is 11.3 Å². The van der Waals surface area contributed by atoms with Crippen molar-refractivity contribution in [3.63, 3.8) is 0 Å². The Morgan fingerprint density at radius 2 is 1.90 bits per heavy atom. The molecular weight excluding hydrogens is 276 g/mol. The SMILES string of the molecule is CC(C)c1nnc2sc(C(=O)N3CCN(C)CC3)nn12. The summed E-state index contributed by atoms with van der Waals surface area (Å²) in [6, 6.07) is 0. The summed E-state index contributed by atoms with van der Waals surface area (Å²) < 4.78 is 1.69. The highest BCUT2D eigenvalue weighted by atomic mass is 32.1. The van der Waals surface area contributed by atoms with Crippen molar-refractivity contribution in [2.45, 2.75) is 19.8 Å². The Morgan fingerprint density at radius 1 is 1.20 bits per heavy atom. The summed E-state index contributed by atoms with van der Waals surface area (Å²) in [5.41, 5.74) is 0. The molecule has 0 N–H and O–H groups in total. The minimum absolute atomic E-state index is 0.00306. The van der Waals surface area contributed by atoms with E-state index in [2.05, 4.69) is 27.2 Å². The molecule has 1 aliphatic heterocycles. The van der Waals surface area contributed by atoms with Gasteiger partial charge in [0.1, 0.15) is 0 Å². The number of rotatable bonds is 2. The molecule has 0 saturated carbocycles. The molecule has 0 aromatic carbocycles. The van der Waals surface area contributed by atoms with Crippen LogP contribution in [0.4, 0.5) is 0 Å². The maximum atomic E-state index is 12.4. The van der Waals surface area contributed by atoms with E-state index < -0.39 is 0 Å². The first-order valence-corrected chi connectivity index (χ1v) is 7.58. The first-order valence-electron chi connectivity index (χ1n) is 6.76. The van der Waals surface area contributed by atoms with Gasteiger partial charge in [-0.15, -0.1) is 15.3 Å². The molecule has 7 nitrogen and oxygen atoms in total. The monoisotopic (exact) mass is 294 g/mol. The van der Waals surface area contributed by atoms with Gasteiger partial charge in [0.2, 0.25) is 9.97 Å². The fraction of sp³-hybridized carbons (Fsp3) is 0.667. The van der Waals surface area contributed by atoms with Crippen molar-refractivity contribution in [1.82, 2.24) is 29.6 Å². The van der Waals surface area contributed by atoms with Crippen LogP contribution >= 0.6 is 11.3 Å². The van der Waals surface area contributed by atoms with Crippen molar-refractivity contribution >= 4 is 22.2 Å². The summed E-state index contributed by atoms with van der Waals surface area (Å²) in [5, 5.41) is 13.1. The molecule has 3 rings (SSSR count). The number of hydrogen-bond acceptors (Lipinski definition) is 6. The van der Waals surface area contributed by atoms with Crippen LogP contribution in [-0.4, -0.2) is 68.7 Å². The summed E-state index contributed by atoms with van der Waals surface area (Å²) in [5.74, 6) is 1.04. The van der Waals surface area contributed by atoms with Crippen LogP contribution in [0, 0.1) is 0 Å². The van der Waals surface area contributed by atoms with Crippen LogP contribution in [0.2, 0.25) is 0 Å². The maximum absolute atomic E-state index is 12.4. The van der Waals surface area contributed by atoms with Gasteiger partial charge >= 0.3 is 0 Å². The third-order valence-corrected chi connectivity index (χ3v) is 4.39. The van der Waals surface area contributed by atoms with Gasteiger partial charge in [-0.3, -0.25) is 4.79 Å². The van der Waals surface area contributed by atoms with Gasteiger partial charge in [-0.25, -0.2) is 0 Å². The molecule has 108 valence electrons. The normalized spacial score (nSPS) is 17.3. The van der Waals surface area contributed by atoms with Gasteiger partial charge in [-0.05, 0) is 7.05 Å².